The zero-order valence-electron chi connectivity index (χ0n) is 9.00. The van der Waals surface area contributed by atoms with Gasteiger partial charge in [-0.1, -0.05) is 13.3 Å². The molecule has 3 heteroatoms. The molecule has 1 N–H and O–H groups in total. The summed E-state index contributed by atoms with van der Waals surface area (Å²) in [6, 6.07) is 1.66. The molecule has 0 bridgehead atoms. The second kappa shape index (κ2) is 4.31. The lowest BCUT2D eigenvalue weighted by atomic mass is 10.1. The Hall–Kier alpha value is -1.25. The number of nitrogens with zero attached hydrogens (tertiary/aromatic N) is 1. The number of aryl methyl sites for hydroxylation is 1. The average Bonchev–Trinajstić information content (AvgIpc) is 2.12. The Morgan fingerprint density at radius 2 is 2.07 bits per heavy atom. The van der Waals surface area contributed by atoms with E-state index in [4.69, 9.17) is 0 Å². The van der Waals surface area contributed by atoms with Crippen molar-refractivity contribution in [2.75, 3.05) is 0 Å². The third-order valence-corrected chi connectivity index (χ3v) is 2.42. The fourth-order valence-corrected chi connectivity index (χ4v) is 1.65. The van der Waals surface area contributed by atoms with Crippen LogP contribution in [0.15, 0.2) is 10.9 Å². The summed E-state index contributed by atoms with van der Waals surface area (Å²) in [5.41, 5.74) is 1.66. The molecule has 14 heavy (non-hydrogen) atoms. The summed E-state index contributed by atoms with van der Waals surface area (Å²) < 4.78 is 1.40. The SMILES string of the molecule is CCCc1c(C)cc(O)n(CC)c1=O. The van der Waals surface area contributed by atoms with Crippen molar-refractivity contribution in [1.82, 2.24) is 4.57 Å². The minimum Gasteiger partial charge on any atom is -0.494 e. The van der Waals surface area contributed by atoms with E-state index in [0.717, 1.165) is 24.0 Å². The number of hydrogen-bond acceptors (Lipinski definition) is 2. The predicted molar refractivity (Wildman–Crippen MR) is 56.8 cm³/mol. The van der Waals surface area contributed by atoms with Crippen molar-refractivity contribution >= 4 is 0 Å². The van der Waals surface area contributed by atoms with Gasteiger partial charge in [0.25, 0.3) is 5.56 Å². The molecule has 0 saturated heterocycles. The van der Waals surface area contributed by atoms with E-state index in [2.05, 4.69) is 0 Å². The molecule has 1 rings (SSSR count). The van der Waals surface area contributed by atoms with E-state index < -0.39 is 0 Å². The van der Waals surface area contributed by atoms with Crippen LogP contribution in [0.5, 0.6) is 5.88 Å². The van der Waals surface area contributed by atoms with Crippen molar-refractivity contribution in [3.8, 4) is 5.88 Å². The molecule has 0 spiro atoms. The summed E-state index contributed by atoms with van der Waals surface area (Å²) >= 11 is 0. The van der Waals surface area contributed by atoms with Crippen LogP contribution < -0.4 is 5.56 Å². The van der Waals surface area contributed by atoms with Gasteiger partial charge in [-0.2, -0.15) is 0 Å². The van der Waals surface area contributed by atoms with Crippen LogP contribution in [-0.4, -0.2) is 9.67 Å². The molecule has 78 valence electrons. The number of hydrogen-bond donors (Lipinski definition) is 1. The van der Waals surface area contributed by atoms with Crippen LogP contribution in [0.25, 0.3) is 0 Å². The smallest absolute Gasteiger partial charge is 0.256 e. The first-order valence-electron chi connectivity index (χ1n) is 5.04. The summed E-state index contributed by atoms with van der Waals surface area (Å²) in [5.74, 6) is 0.0647. The van der Waals surface area contributed by atoms with E-state index in [1.54, 1.807) is 6.07 Å². The summed E-state index contributed by atoms with van der Waals surface area (Å²) in [6.45, 7) is 6.28. The normalized spacial score (nSPS) is 10.5. The first-order chi connectivity index (χ1) is 6.61. The molecular formula is C11H17NO2. The van der Waals surface area contributed by atoms with Crippen LogP contribution in [0.4, 0.5) is 0 Å². The predicted octanol–water partition coefficient (Wildman–Crippen LogP) is 1.83. The molecule has 1 aromatic heterocycles. The average molecular weight is 195 g/mol. The molecule has 0 radical (unpaired) electrons. The largest absolute Gasteiger partial charge is 0.494 e. The third-order valence-electron chi connectivity index (χ3n) is 2.42. The topological polar surface area (TPSA) is 42.2 Å². The summed E-state index contributed by atoms with van der Waals surface area (Å²) in [7, 11) is 0. The molecule has 0 fully saturated rings. The zero-order valence-corrected chi connectivity index (χ0v) is 9.00. The number of aromatic nitrogens is 1. The van der Waals surface area contributed by atoms with Gasteiger partial charge in [0.2, 0.25) is 0 Å². The quantitative estimate of drug-likeness (QED) is 0.799. The van der Waals surface area contributed by atoms with Crippen molar-refractivity contribution in [2.45, 2.75) is 40.2 Å². The fourth-order valence-electron chi connectivity index (χ4n) is 1.65. The molecular weight excluding hydrogens is 178 g/mol. The molecule has 1 aromatic rings. The van der Waals surface area contributed by atoms with E-state index in [9.17, 15) is 9.90 Å². The molecule has 0 aliphatic rings. The van der Waals surface area contributed by atoms with Crippen LogP contribution in [0.2, 0.25) is 0 Å². The first kappa shape index (κ1) is 10.8. The Balaban J connectivity index is 3.36. The maximum absolute atomic E-state index is 11.8. The van der Waals surface area contributed by atoms with Gasteiger partial charge < -0.3 is 5.11 Å². The van der Waals surface area contributed by atoms with Gasteiger partial charge in [-0.15, -0.1) is 0 Å². The van der Waals surface area contributed by atoms with Crippen molar-refractivity contribution in [1.29, 1.82) is 0 Å². The van der Waals surface area contributed by atoms with Crippen LogP contribution in [-0.2, 0) is 13.0 Å². The number of pyridine rings is 1. The molecule has 0 aromatic carbocycles. The van der Waals surface area contributed by atoms with Crippen LogP contribution in [0.3, 0.4) is 0 Å². The summed E-state index contributed by atoms with van der Waals surface area (Å²) in [4.78, 5) is 11.8. The van der Waals surface area contributed by atoms with Gasteiger partial charge in [0.1, 0.15) is 0 Å². The summed E-state index contributed by atoms with van der Waals surface area (Å²) in [6.07, 6.45) is 1.73. The van der Waals surface area contributed by atoms with Gasteiger partial charge in [0.15, 0.2) is 5.88 Å². The molecule has 0 saturated carbocycles. The van der Waals surface area contributed by atoms with Gasteiger partial charge in [-0.25, -0.2) is 0 Å². The lowest BCUT2D eigenvalue weighted by Crippen LogP contribution is -2.24. The maximum Gasteiger partial charge on any atom is 0.256 e. The first-order valence-corrected chi connectivity index (χ1v) is 5.04. The zero-order chi connectivity index (χ0) is 10.7. The minimum absolute atomic E-state index is 0.0492. The van der Waals surface area contributed by atoms with Gasteiger partial charge in [0.05, 0.1) is 0 Å². The van der Waals surface area contributed by atoms with Crippen molar-refractivity contribution in [2.24, 2.45) is 0 Å². The van der Waals surface area contributed by atoms with E-state index >= 15 is 0 Å². The Morgan fingerprint density at radius 3 is 2.57 bits per heavy atom. The highest BCUT2D eigenvalue weighted by atomic mass is 16.3. The van der Waals surface area contributed by atoms with Crippen molar-refractivity contribution < 1.29 is 5.11 Å². The third kappa shape index (κ3) is 1.81. The fraction of sp³-hybridized carbons (Fsp3) is 0.545. The maximum atomic E-state index is 11.8. The molecule has 0 aliphatic carbocycles. The Bertz CT molecular complexity index is 380. The molecule has 1 heterocycles. The molecule has 0 unspecified atom stereocenters. The molecule has 0 atom stereocenters. The molecule has 0 amide bonds. The second-order valence-corrected chi connectivity index (χ2v) is 3.46. The van der Waals surface area contributed by atoms with Gasteiger partial charge in [0, 0.05) is 18.2 Å². The standard InChI is InChI=1S/C11H17NO2/c1-4-6-9-8(3)7-10(13)12(5-2)11(9)14/h7,13H,4-6H2,1-3H3. The van der Waals surface area contributed by atoms with Gasteiger partial charge in [-0.3, -0.25) is 9.36 Å². The lowest BCUT2D eigenvalue weighted by Gasteiger charge is -2.10. The van der Waals surface area contributed by atoms with Crippen LogP contribution in [0, 0.1) is 6.92 Å². The second-order valence-electron chi connectivity index (χ2n) is 3.46. The summed E-state index contributed by atoms with van der Waals surface area (Å²) in [5, 5.41) is 9.53. The highest BCUT2D eigenvalue weighted by Gasteiger charge is 2.09. The Kier molecular flexibility index (Phi) is 3.33. The van der Waals surface area contributed by atoms with E-state index in [0.29, 0.717) is 6.54 Å². The minimum atomic E-state index is -0.0492. The van der Waals surface area contributed by atoms with Crippen molar-refractivity contribution in [3.05, 3.63) is 27.5 Å². The molecule has 3 nitrogen and oxygen atoms in total. The van der Waals surface area contributed by atoms with Gasteiger partial charge in [-0.05, 0) is 25.8 Å². The monoisotopic (exact) mass is 195 g/mol. The van der Waals surface area contributed by atoms with Gasteiger partial charge >= 0.3 is 0 Å². The van der Waals surface area contributed by atoms with Crippen LogP contribution >= 0.6 is 0 Å². The Morgan fingerprint density at radius 1 is 1.43 bits per heavy atom. The lowest BCUT2D eigenvalue weighted by molar-refractivity contribution is 0.409. The molecule has 0 aliphatic heterocycles. The van der Waals surface area contributed by atoms with Crippen LogP contribution in [0.1, 0.15) is 31.4 Å². The number of rotatable bonds is 3. The highest BCUT2D eigenvalue weighted by molar-refractivity contribution is 5.29. The van der Waals surface area contributed by atoms with E-state index in [-0.39, 0.29) is 11.4 Å². The van der Waals surface area contributed by atoms with E-state index in [1.807, 2.05) is 20.8 Å². The van der Waals surface area contributed by atoms with E-state index in [1.165, 1.54) is 4.57 Å². The highest BCUT2D eigenvalue weighted by Crippen LogP contribution is 2.13. The number of aromatic hydroxyl groups is 1. The van der Waals surface area contributed by atoms with Crippen molar-refractivity contribution in [3.63, 3.8) is 0 Å². The Labute approximate surface area is 84.0 Å².